The van der Waals surface area contributed by atoms with Crippen LogP contribution in [0.5, 0.6) is 0 Å². The van der Waals surface area contributed by atoms with Crippen LogP contribution < -0.4 is 11.6 Å². The van der Waals surface area contributed by atoms with Gasteiger partial charge < -0.3 is 11.6 Å². The summed E-state index contributed by atoms with van der Waals surface area (Å²) in [5, 5.41) is 7.56. The second kappa shape index (κ2) is 4.69. The molecule has 5 heteroatoms. The molecule has 0 saturated heterocycles. The van der Waals surface area contributed by atoms with E-state index in [0.717, 1.165) is 18.7 Å². The van der Waals surface area contributed by atoms with Gasteiger partial charge in [0.1, 0.15) is 0 Å². The Bertz CT molecular complexity index is 255. The molecule has 0 radical (unpaired) electrons. The molecule has 74 valence electrons. The van der Waals surface area contributed by atoms with Crippen LogP contribution in [0.3, 0.4) is 0 Å². The average Bonchev–Trinajstić information content (AvgIpc) is 2.43. The van der Waals surface area contributed by atoms with E-state index in [-0.39, 0.29) is 5.95 Å². The Labute approximate surface area is 78.1 Å². The fraction of sp³-hybridized carbons (Fsp3) is 0.750. The van der Waals surface area contributed by atoms with Crippen molar-refractivity contribution < 1.29 is 0 Å². The lowest BCUT2D eigenvalue weighted by Crippen LogP contribution is -2.15. The number of anilines is 1. The topological polar surface area (TPSA) is 82.8 Å². The summed E-state index contributed by atoms with van der Waals surface area (Å²) in [7, 11) is 0. The second-order valence-corrected chi connectivity index (χ2v) is 3.16. The maximum absolute atomic E-state index is 5.58. The Morgan fingerprint density at radius 1 is 1.23 bits per heavy atom. The van der Waals surface area contributed by atoms with Gasteiger partial charge in [-0.25, -0.2) is 4.68 Å². The quantitative estimate of drug-likeness (QED) is 0.520. The van der Waals surface area contributed by atoms with E-state index in [9.17, 15) is 0 Å². The molecule has 0 aliphatic rings. The predicted octanol–water partition coefficient (Wildman–Crippen LogP) is 0.697. The minimum atomic E-state index is 0.283. The van der Waals surface area contributed by atoms with Crippen molar-refractivity contribution in [2.24, 2.45) is 0 Å². The Morgan fingerprint density at radius 3 is 2.54 bits per heavy atom. The largest absolute Gasteiger partial charge is 0.366 e. The highest BCUT2D eigenvalue weighted by molar-refractivity contribution is 5.16. The molecule has 0 aromatic carbocycles. The van der Waals surface area contributed by atoms with Crippen LogP contribution in [0.2, 0.25) is 0 Å². The fourth-order valence-electron chi connectivity index (χ4n) is 1.22. The van der Waals surface area contributed by atoms with E-state index in [4.69, 9.17) is 11.6 Å². The van der Waals surface area contributed by atoms with Gasteiger partial charge in [-0.1, -0.05) is 26.2 Å². The number of aryl methyl sites for hydroxylation is 1. The number of nitrogens with two attached hydrogens (primary N) is 2. The number of aromatic nitrogens is 3. The van der Waals surface area contributed by atoms with E-state index in [1.807, 2.05) is 0 Å². The van der Waals surface area contributed by atoms with Gasteiger partial charge in [0.15, 0.2) is 5.82 Å². The molecule has 0 fully saturated rings. The van der Waals surface area contributed by atoms with Crippen LogP contribution in [0.15, 0.2) is 0 Å². The third kappa shape index (κ3) is 2.61. The molecule has 0 atom stereocenters. The minimum absolute atomic E-state index is 0.283. The van der Waals surface area contributed by atoms with Gasteiger partial charge in [0.2, 0.25) is 5.95 Å². The minimum Gasteiger partial charge on any atom is -0.366 e. The summed E-state index contributed by atoms with van der Waals surface area (Å²) < 4.78 is 1.35. The molecule has 1 rings (SSSR count). The summed E-state index contributed by atoms with van der Waals surface area (Å²) in [6.45, 7) is 2.18. The van der Waals surface area contributed by atoms with Crippen molar-refractivity contribution in [3.63, 3.8) is 0 Å². The van der Waals surface area contributed by atoms with E-state index in [0.29, 0.717) is 0 Å². The summed E-state index contributed by atoms with van der Waals surface area (Å²) in [4.78, 5) is 0. The summed E-state index contributed by atoms with van der Waals surface area (Å²) >= 11 is 0. The van der Waals surface area contributed by atoms with Crippen molar-refractivity contribution >= 4 is 5.95 Å². The molecule has 0 amide bonds. The van der Waals surface area contributed by atoms with Crippen LogP contribution >= 0.6 is 0 Å². The molecular weight excluding hydrogens is 166 g/mol. The molecule has 0 aliphatic heterocycles. The first-order chi connectivity index (χ1) is 6.25. The van der Waals surface area contributed by atoms with Gasteiger partial charge in [0, 0.05) is 6.42 Å². The lowest BCUT2D eigenvalue weighted by molar-refractivity contribution is 0.643. The van der Waals surface area contributed by atoms with Crippen molar-refractivity contribution in [2.75, 3.05) is 11.6 Å². The fourth-order valence-corrected chi connectivity index (χ4v) is 1.22. The number of unbranched alkanes of at least 4 members (excludes halogenated alkanes) is 3. The van der Waals surface area contributed by atoms with E-state index in [2.05, 4.69) is 17.1 Å². The molecule has 1 heterocycles. The van der Waals surface area contributed by atoms with Gasteiger partial charge in [-0.15, -0.1) is 10.2 Å². The van der Waals surface area contributed by atoms with Crippen LogP contribution in [0.1, 0.15) is 38.4 Å². The number of rotatable bonds is 5. The zero-order chi connectivity index (χ0) is 9.68. The monoisotopic (exact) mass is 183 g/mol. The Balaban J connectivity index is 2.32. The van der Waals surface area contributed by atoms with Crippen molar-refractivity contribution in [3.8, 4) is 0 Å². The van der Waals surface area contributed by atoms with E-state index in [1.54, 1.807) is 0 Å². The zero-order valence-corrected chi connectivity index (χ0v) is 8.03. The first-order valence-electron chi connectivity index (χ1n) is 4.70. The molecule has 13 heavy (non-hydrogen) atoms. The van der Waals surface area contributed by atoms with E-state index < -0.39 is 0 Å². The van der Waals surface area contributed by atoms with Gasteiger partial charge in [-0.05, 0) is 6.42 Å². The molecule has 0 unspecified atom stereocenters. The maximum Gasteiger partial charge on any atom is 0.240 e. The van der Waals surface area contributed by atoms with Gasteiger partial charge in [0.05, 0.1) is 0 Å². The Morgan fingerprint density at radius 2 is 2.00 bits per heavy atom. The highest BCUT2D eigenvalue weighted by atomic mass is 15.4. The van der Waals surface area contributed by atoms with Crippen LogP contribution in [0, 0.1) is 0 Å². The highest BCUT2D eigenvalue weighted by Gasteiger charge is 2.04. The van der Waals surface area contributed by atoms with Crippen LogP contribution in [0.4, 0.5) is 5.95 Å². The molecule has 0 saturated carbocycles. The molecular formula is C8H17N5. The SMILES string of the molecule is CCCCCCc1nnc(N)n1N. The van der Waals surface area contributed by atoms with E-state index >= 15 is 0 Å². The lowest BCUT2D eigenvalue weighted by Gasteiger charge is -2.00. The zero-order valence-electron chi connectivity index (χ0n) is 8.03. The highest BCUT2D eigenvalue weighted by Crippen LogP contribution is 2.05. The third-order valence-corrected chi connectivity index (χ3v) is 2.05. The normalized spacial score (nSPS) is 10.5. The van der Waals surface area contributed by atoms with Gasteiger partial charge in [-0.3, -0.25) is 0 Å². The Kier molecular flexibility index (Phi) is 3.54. The van der Waals surface area contributed by atoms with Crippen molar-refractivity contribution in [1.29, 1.82) is 0 Å². The standard InChI is InChI=1S/C8H17N5/c1-2-3-4-5-6-7-11-12-8(9)13(7)10/h2-6,10H2,1H3,(H2,9,12). The van der Waals surface area contributed by atoms with Gasteiger partial charge >= 0.3 is 0 Å². The molecule has 0 aliphatic carbocycles. The predicted molar refractivity (Wildman–Crippen MR) is 52.4 cm³/mol. The maximum atomic E-state index is 5.58. The van der Waals surface area contributed by atoms with Crippen LogP contribution in [0.25, 0.3) is 0 Å². The first-order valence-corrected chi connectivity index (χ1v) is 4.70. The summed E-state index contributed by atoms with van der Waals surface area (Å²) in [5.74, 6) is 6.64. The second-order valence-electron chi connectivity index (χ2n) is 3.16. The number of nitrogens with zero attached hydrogens (tertiary/aromatic N) is 3. The smallest absolute Gasteiger partial charge is 0.240 e. The van der Waals surface area contributed by atoms with Crippen molar-refractivity contribution in [2.45, 2.75) is 39.0 Å². The van der Waals surface area contributed by atoms with Crippen molar-refractivity contribution in [1.82, 2.24) is 14.9 Å². The summed E-state index contributed by atoms with van der Waals surface area (Å²) in [5.41, 5.74) is 5.44. The number of hydrogen-bond acceptors (Lipinski definition) is 4. The molecule has 0 spiro atoms. The number of nitrogen functional groups attached to an aromatic ring is 2. The molecule has 0 bridgehead atoms. The van der Waals surface area contributed by atoms with E-state index in [1.165, 1.54) is 23.9 Å². The lowest BCUT2D eigenvalue weighted by atomic mass is 10.1. The summed E-state index contributed by atoms with van der Waals surface area (Å²) in [6.07, 6.45) is 5.67. The summed E-state index contributed by atoms with van der Waals surface area (Å²) in [6, 6.07) is 0. The molecule has 5 nitrogen and oxygen atoms in total. The third-order valence-electron chi connectivity index (χ3n) is 2.05. The molecule has 1 aromatic rings. The Hall–Kier alpha value is -1.26. The van der Waals surface area contributed by atoms with Gasteiger partial charge in [0.25, 0.3) is 0 Å². The first kappa shape index (κ1) is 9.83. The van der Waals surface area contributed by atoms with Gasteiger partial charge in [-0.2, -0.15) is 0 Å². The molecule has 1 aromatic heterocycles. The van der Waals surface area contributed by atoms with Crippen LogP contribution in [-0.2, 0) is 6.42 Å². The number of hydrogen-bond donors (Lipinski definition) is 2. The average molecular weight is 183 g/mol. The van der Waals surface area contributed by atoms with Crippen LogP contribution in [-0.4, -0.2) is 14.9 Å². The molecule has 4 N–H and O–H groups in total. The van der Waals surface area contributed by atoms with Crippen molar-refractivity contribution in [3.05, 3.63) is 5.82 Å².